The Bertz CT molecular complexity index is 1090. The first kappa shape index (κ1) is 20.0. The molecule has 3 aromatic rings. The lowest BCUT2D eigenvalue weighted by Crippen LogP contribution is -2.45. The maximum Gasteiger partial charge on any atom is 0.234 e. The molecule has 1 aromatic carbocycles. The SMILES string of the molecule is COCCNC(=O)CN1[C@H]2CC[C@H]1c1cnc3cc(-c4ccc(OC)cc4)nn3c1C2. The molecule has 4 heterocycles. The molecule has 5 rings (SSSR count). The second-order valence-electron chi connectivity index (χ2n) is 8.15. The zero-order valence-corrected chi connectivity index (χ0v) is 17.9. The molecule has 31 heavy (non-hydrogen) atoms. The van der Waals surface area contributed by atoms with Gasteiger partial charge in [-0.3, -0.25) is 9.69 Å². The Balaban J connectivity index is 1.41. The Morgan fingerprint density at radius 2 is 2.06 bits per heavy atom. The lowest BCUT2D eigenvalue weighted by Gasteiger charge is -2.35. The first-order chi connectivity index (χ1) is 15.2. The summed E-state index contributed by atoms with van der Waals surface area (Å²) in [6, 6.07) is 10.5. The normalized spacial score (nSPS) is 20.1. The summed E-state index contributed by atoms with van der Waals surface area (Å²) in [6.07, 6.45) is 4.98. The van der Waals surface area contributed by atoms with Gasteiger partial charge in [-0.2, -0.15) is 5.10 Å². The van der Waals surface area contributed by atoms with Gasteiger partial charge in [-0.25, -0.2) is 9.50 Å². The van der Waals surface area contributed by atoms with Crippen LogP contribution in [0.3, 0.4) is 0 Å². The molecular weight excluding hydrogens is 394 g/mol. The maximum atomic E-state index is 12.4. The fourth-order valence-electron chi connectivity index (χ4n) is 4.85. The predicted molar refractivity (Wildman–Crippen MR) is 116 cm³/mol. The number of amides is 1. The van der Waals surface area contributed by atoms with Crippen molar-refractivity contribution in [1.29, 1.82) is 0 Å². The molecular formula is C23H27N5O3. The third kappa shape index (κ3) is 3.66. The van der Waals surface area contributed by atoms with Gasteiger partial charge in [0.15, 0.2) is 5.65 Å². The molecule has 0 radical (unpaired) electrons. The van der Waals surface area contributed by atoms with E-state index in [0.29, 0.717) is 25.7 Å². The predicted octanol–water partition coefficient (Wildman–Crippen LogP) is 2.23. The highest BCUT2D eigenvalue weighted by Gasteiger charge is 2.42. The minimum absolute atomic E-state index is 0.0484. The first-order valence-electron chi connectivity index (χ1n) is 10.7. The average molecular weight is 422 g/mol. The monoisotopic (exact) mass is 421 g/mol. The molecule has 1 fully saturated rings. The van der Waals surface area contributed by atoms with Gasteiger partial charge in [-0.1, -0.05) is 0 Å². The number of carbonyl (C=O) groups excluding carboxylic acids is 1. The van der Waals surface area contributed by atoms with Crippen molar-refractivity contribution in [3.05, 3.63) is 47.8 Å². The van der Waals surface area contributed by atoms with Crippen molar-refractivity contribution < 1.29 is 14.3 Å². The van der Waals surface area contributed by atoms with Crippen LogP contribution in [0, 0.1) is 0 Å². The van der Waals surface area contributed by atoms with Gasteiger partial charge in [0.1, 0.15) is 5.75 Å². The number of methoxy groups -OCH3 is 2. The first-order valence-corrected chi connectivity index (χ1v) is 10.7. The number of hydrogen-bond donors (Lipinski definition) is 1. The standard InChI is InChI=1S/C23H27N5O3/c1-30-10-9-24-23(29)14-27-16-5-8-20(27)18-13-25-22-12-19(26-28(22)21(18)11-16)15-3-6-17(31-2)7-4-15/h3-4,6-7,12-13,16,20H,5,8-11,14H2,1-2H3,(H,24,29)/t16-,20-/m0/s1. The van der Waals surface area contributed by atoms with E-state index in [2.05, 4.69) is 10.2 Å². The number of hydrogen-bond acceptors (Lipinski definition) is 6. The van der Waals surface area contributed by atoms with E-state index in [0.717, 1.165) is 41.9 Å². The minimum atomic E-state index is 0.0484. The van der Waals surface area contributed by atoms with Crippen LogP contribution in [0.2, 0.25) is 0 Å². The van der Waals surface area contributed by atoms with E-state index in [4.69, 9.17) is 19.6 Å². The molecule has 8 nitrogen and oxygen atoms in total. The smallest absolute Gasteiger partial charge is 0.234 e. The Morgan fingerprint density at radius 3 is 2.84 bits per heavy atom. The van der Waals surface area contributed by atoms with Crippen LogP contribution in [-0.2, 0) is 16.0 Å². The molecule has 8 heteroatoms. The zero-order chi connectivity index (χ0) is 21.4. The molecule has 1 saturated heterocycles. The molecule has 2 bridgehead atoms. The van der Waals surface area contributed by atoms with E-state index in [9.17, 15) is 4.79 Å². The Morgan fingerprint density at radius 1 is 1.23 bits per heavy atom. The second-order valence-corrected chi connectivity index (χ2v) is 8.15. The van der Waals surface area contributed by atoms with Gasteiger partial charge in [-0.15, -0.1) is 0 Å². The summed E-state index contributed by atoms with van der Waals surface area (Å²) < 4.78 is 12.3. The van der Waals surface area contributed by atoms with Crippen molar-refractivity contribution in [3.8, 4) is 17.0 Å². The van der Waals surface area contributed by atoms with E-state index in [1.54, 1.807) is 14.2 Å². The number of aromatic nitrogens is 3. The number of nitrogens with one attached hydrogen (secondary N) is 1. The van der Waals surface area contributed by atoms with Crippen LogP contribution in [0.15, 0.2) is 36.5 Å². The molecule has 1 amide bonds. The summed E-state index contributed by atoms with van der Waals surface area (Å²) >= 11 is 0. The van der Waals surface area contributed by atoms with Gasteiger partial charge in [0.2, 0.25) is 5.91 Å². The zero-order valence-electron chi connectivity index (χ0n) is 17.9. The minimum Gasteiger partial charge on any atom is -0.497 e. The molecule has 2 aromatic heterocycles. The van der Waals surface area contributed by atoms with Gasteiger partial charge >= 0.3 is 0 Å². The van der Waals surface area contributed by atoms with Gasteiger partial charge in [0, 0.05) is 55.5 Å². The van der Waals surface area contributed by atoms with Crippen LogP contribution in [0.5, 0.6) is 5.75 Å². The van der Waals surface area contributed by atoms with E-state index >= 15 is 0 Å². The van der Waals surface area contributed by atoms with E-state index in [1.807, 2.05) is 41.0 Å². The van der Waals surface area contributed by atoms with Crippen molar-refractivity contribution in [1.82, 2.24) is 24.8 Å². The molecule has 0 spiro atoms. The highest BCUT2D eigenvalue weighted by molar-refractivity contribution is 5.78. The van der Waals surface area contributed by atoms with Gasteiger partial charge in [0.25, 0.3) is 0 Å². The number of rotatable bonds is 7. The number of nitrogens with zero attached hydrogens (tertiary/aromatic N) is 4. The van der Waals surface area contributed by atoms with Crippen molar-refractivity contribution in [2.24, 2.45) is 0 Å². The number of fused-ring (bicyclic) bond motifs is 6. The Labute approximate surface area is 181 Å². The third-order valence-corrected chi connectivity index (χ3v) is 6.39. The summed E-state index contributed by atoms with van der Waals surface area (Å²) in [7, 11) is 3.30. The Hall–Kier alpha value is -2.97. The van der Waals surface area contributed by atoms with E-state index < -0.39 is 0 Å². The van der Waals surface area contributed by atoms with Gasteiger partial charge in [-0.05, 0) is 37.1 Å². The highest BCUT2D eigenvalue weighted by Crippen LogP contribution is 2.43. The van der Waals surface area contributed by atoms with E-state index in [1.165, 1.54) is 11.3 Å². The fraction of sp³-hybridized carbons (Fsp3) is 0.435. The molecule has 2 aliphatic rings. The largest absolute Gasteiger partial charge is 0.497 e. The van der Waals surface area contributed by atoms with Crippen molar-refractivity contribution in [3.63, 3.8) is 0 Å². The molecule has 2 aliphatic heterocycles. The van der Waals surface area contributed by atoms with Crippen molar-refractivity contribution in [2.45, 2.75) is 31.3 Å². The summed E-state index contributed by atoms with van der Waals surface area (Å²) in [4.78, 5) is 19.4. The lowest BCUT2D eigenvalue weighted by atomic mass is 9.99. The summed E-state index contributed by atoms with van der Waals surface area (Å²) in [5.74, 6) is 0.873. The van der Waals surface area contributed by atoms with Crippen LogP contribution < -0.4 is 10.1 Å². The third-order valence-electron chi connectivity index (χ3n) is 6.39. The molecule has 0 saturated carbocycles. The number of benzene rings is 1. The average Bonchev–Trinajstić information content (AvgIpc) is 3.34. The molecule has 0 unspecified atom stereocenters. The summed E-state index contributed by atoms with van der Waals surface area (Å²) in [6.45, 7) is 1.48. The second kappa shape index (κ2) is 8.28. The summed E-state index contributed by atoms with van der Waals surface area (Å²) in [5, 5.41) is 7.82. The van der Waals surface area contributed by atoms with Crippen molar-refractivity contribution >= 4 is 11.6 Å². The molecule has 2 atom stereocenters. The molecule has 1 N–H and O–H groups in total. The van der Waals surface area contributed by atoms with E-state index in [-0.39, 0.29) is 11.9 Å². The number of carbonyl (C=O) groups is 1. The van der Waals surface area contributed by atoms with Crippen LogP contribution in [0.25, 0.3) is 16.9 Å². The van der Waals surface area contributed by atoms with Crippen LogP contribution in [0.4, 0.5) is 0 Å². The van der Waals surface area contributed by atoms with Gasteiger partial charge < -0.3 is 14.8 Å². The Kier molecular flexibility index (Phi) is 5.33. The van der Waals surface area contributed by atoms with Gasteiger partial charge in [0.05, 0.1) is 31.6 Å². The number of ether oxygens (including phenoxy) is 2. The van der Waals surface area contributed by atoms with Crippen LogP contribution in [0.1, 0.15) is 30.1 Å². The molecule has 0 aliphatic carbocycles. The lowest BCUT2D eigenvalue weighted by molar-refractivity contribution is -0.123. The fourth-order valence-corrected chi connectivity index (χ4v) is 4.85. The van der Waals surface area contributed by atoms with Crippen LogP contribution in [-0.4, -0.2) is 65.4 Å². The highest BCUT2D eigenvalue weighted by atomic mass is 16.5. The molecule has 162 valence electrons. The van der Waals surface area contributed by atoms with Crippen molar-refractivity contribution in [2.75, 3.05) is 33.9 Å². The maximum absolute atomic E-state index is 12.4. The topological polar surface area (TPSA) is 81.0 Å². The summed E-state index contributed by atoms with van der Waals surface area (Å²) in [5.41, 5.74) is 5.20. The van der Waals surface area contributed by atoms with Crippen LogP contribution >= 0.6 is 0 Å². The quantitative estimate of drug-likeness (QED) is 0.590.